The zero-order valence-electron chi connectivity index (χ0n) is 19.3. The third kappa shape index (κ3) is 8.08. The van der Waals surface area contributed by atoms with Gasteiger partial charge in [-0.2, -0.15) is 5.26 Å². The SMILES string of the molecule is CCCCCCCC1CCC([C@@H]2CCC[C@@](C#N)(CCCCCCC)C2)CC1. The third-order valence-corrected chi connectivity index (χ3v) is 8.15. The number of hydrogen-bond donors (Lipinski definition) is 0. The molecule has 0 aromatic carbocycles. The molecular formula is C27H49N. The Labute approximate surface area is 177 Å². The molecule has 2 aliphatic carbocycles. The second-order valence-electron chi connectivity index (χ2n) is 10.4. The molecule has 2 atom stereocenters. The summed E-state index contributed by atoms with van der Waals surface area (Å²) in [6.07, 6.45) is 27.5. The summed E-state index contributed by atoms with van der Waals surface area (Å²) in [5.41, 5.74) is 0.0330. The van der Waals surface area contributed by atoms with Gasteiger partial charge in [0.15, 0.2) is 0 Å². The maximum absolute atomic E-state index is 10.0. The van der Waals surface area contributed by atoms with Crippen LogP contribution in [-0.2, 0) is 0 Å². The lowest BCUT2D eigenvalue weighted by atomic mass is 9.62. The van der Waals surface area contributed by atoms with Crippen LogP contribution in [0.2, 0.25) is 0 Å². The minimum atomic E-state index is 0.0330. The van der Waals surface area contributed by atoms with Crippen LogP contribution in [0, 0.1) is 34.5 Å². The summed E-state index contributed by atoms with van der Waals surface area (Å²) < 4.78 is 0. The zero-order chi connectivity index (χ0) is 20.1. The van der Waals surface area contributed by atoms with E-state index in [1.807, 2.05) is 0 Å². The molecule has 0 aromatic heterocycles. The second kappa shape index (κ2) is 13.7. The van der Waals surface area contributed by atoms with Crippen LogP contribution in [-0.4, -0.2) is 0 Å². The Bertz CT molecular complexity index is 428. The lowest BCUT2D eigenvalue weighted by Crippen LogP contribution is -2.32. The molecule has 0 aromatic rings. The molecule has 0 heterocycles. The van der Waals surface area contributed by atoms with Crippen molar-refractivity contribution in [2.45, 2.75) is 142 Å². The first-order valence-electron chi connectivity index (χ1n) is 13.1. The van der Waals surface area contributed by atoms with E-state index in [1.54, 1.807) is 0 Å². The number of rotatable bonds is 13. The lowest BCUT2D eigenvalue weighted by molar-refractivity contribution is 0.102. The highest BCUT2D eigenvalue weighted by Crippen LogP contribution is 2.48. The van der Waals surface area contributed by atoms with E-state index in [1.165, 1.54) is 128 Å². The van der Waals surface area contributed by atoms with Gasteiger partial charge in [0.05, 0.1) is 11.5 Å². The standard InChI is InChI=1S/C27H49N/c1-3-5-7-9-11-14-24-16-18-25(19-17-24)26-15-13-21-27(22-26,23-28)20-12-10-8-6-4-2/h24-26H,3-22H2,1-2H3/t24?,25?,26-,27+/m1/s1. The van der Waals surface area contributed by atoms with E-state index in [9.17, 15) is 5.26 Å². The van der Waals surface area contributed by atoms with Gasteiger partial charge >= 0.3 is 0 Å². The van der Waals surface area contributed by atoms with Crippen molar-refractivity contribution in [1.29, 1.82) is 5.26 Å². The average molecular weight is 388 g/mol. The van der Waals surface area contributed by atoms with Crippen molar-refractivity contribution >= 4 is 0 Å². The van der Waals surface area contributed by atoms with Crippen molar-refractivity contribution < 1.29 is 0 Å². The van der Waals surface area contributed by atoms with Crippen molar-refractivity contribution in [1.82, 2.24) is 0 Å². The van der Waals surface area contributed by atoms with Gasteiger partial charge in [0.1, 0.15) is 0 Å². The molecule has 0 radical (unpaired) electrons. The van der Waals surface area contributed by atoms with Gasteiger partial charge in [-0.15, -0.1) is 0 Å². The summed E-state index contributed by atoms with van der Waals surface area (Å²) in [6, 6.07) is 2.83. The first kappa shape index (κ1) is 23.8. The van der Waals surface area contributed by atoms with E-state index in [4.69, 9.17) is 0 Å². The van der Waals surface area contributed by atoms with Gasteiger partial charge in [0.25, 0.3) is 0 Å². The Morgan fingerprint density at radius 3 is 2.04 bits per heavy atom. The largest absolute Gasteiger partial charge is 0.198 e. The summed E-state index contributed by atoms with van der Waals surface area (Å²) >= 11 is 0. The predicted octanol–water partition coefficient (Wildman–Crippen LogP) is 9.21. The fourth-order valence-corrected chi connectivity index (χ4v) is 6.25. The molecule has 2 saturated carbocycles. The van der Waals surface area contributed by atoms with Crippen molar-refractivity contribution in [2.24, 2.45) is 23.2 Å². The smallest absolute Gasteiger partial charge is 0.0689 e. The van der Waals surface area contributed by atoms with Gasteiger partial charge in [0, 0.05) is 0 Å². The molecule has 0 aliphatic heterocycles. The first-order valence-corrected chi connectivity index (χ1v) is 13.1. The molecule has 0 saturated heterocycles. The maximum Gasteiger partial charge on any atom is 0.0689 e. The minimum absolute atomic E-state index is 0.0330. The van der Waals surface area contributed by atoms with Gasteiger partial charge in [0.2, 0.25) is 0 Å². The Balaban J connectivity index is 1.69. The fraction of sp³-hybridized carbons (Fsp3) is 0.963. The van der Waals surface area contributed by atoms with E-state index in [0.29, 0.717) is 0 Å². The summed E-state index contributed by atoms with van der Waals surface area (Å²) in [7, 11) is 0. The van der Waals surface area contributed by atoms with Crippen LogP contribution in [0.1, 0.15) is 142 Å². The number of nitriles is 1. The molecule has 0 spiro atoms. The van der Waals surface area contributed by atoms with Crippen LogP contribution in [0.3, 0.4) is 0 Å². The Hall–Kier alpha value is -0.510. The monoisotopic (exact) mass is 387 g/mol. The van der Waals surface area contributed by atoms with E-state index in [0.717, 1.165) is 17.8 Å². The van der Waals surface area contributed by atoms with Crippen LogP contribution in [0.4, 0.5) is 0 Å². The predicted molar refractivity (Wildman–Crippen MR) is 122 cm³/mol. The summed E-state index contributed by atoms with van der Waals surface area (Å²) in [6.45, 7) is 4.59. The van der Waals surface area contributed by atoms with Crippen molar-refractivity contribution in [2.75, 3.05) is 0 Å². The molecular weight excluding hydrogens is 338 g/mol. The van der Waals surface area contributed by atoms with Crippen LogP contribution in [0.25, 0.3) is 0 Å². The fourth-order valence-electron chi connectivity index (χ4n) is 6.25. The molecule has 28 heavy (non-hydrogen) atoms. The second-order valence-corrected chi connectivity index (χ2v) is 10.4. The van der Waals surface area contributed by atoms with E-state index < -0.39 is 0 Å². The number of hydrogen-bond acceptors (Lipinski definition) is 1. The molecule has 2 aliphatic rings. The van der Waals surface area contributed by atoms with Gasteiger partial charge in [-0.25, -0.2) is 0 Å². The van der Waals surface area contributed by atoms with Gasteiger partial charge in [-0.05, 0) is 49.9 Å². The molecule has 0 N–H and O–H groups in total. The average Bonchev–Trinajstić information content (AvgIpc) is 2.74. The summed E-state index contributed by atoms with van der Waals surface area (Å²) in [4.78, 5) is 0. The van der Waals surface area contributed by atoms with E-state index in [2.05, 4.69) is 19.9 Å². The van der Waals surface area contributed by atoms with Crippen molar-refractivity contribution in [3.63, 3.8) is 0 Å². The maximum atomic E-state index is 10.0. The molecule has 162 valence electrons. The van der Waals surface area contributed by atoms with Crippen LogP contribution < -0.4 is 0 Å². The van der Waals surface area contributed by atoms with Gasteiger partial charge < -0.3 is 0 Å². The topological polar surface area (TPSA) is 23.8 Å². The number of nitrogens with zero attached hydrogens (tertiary/aromatic N) is 1. The molecule has 0 bridgehead atoms. The highest BCUT2D eigenvalue weighted by Gasteiger charge is 2.39. The Morgan fingerprint density at radius 2 is 1.39 bits per heavy atom. The summed E-state index contributed by atoms with van der Waals surface area (Å²) in [5, 5.41) is 10.0. The molecule has 2 rings (SSSR count). The van der Waals surface area contributed by atoms with Crippen LogP contribution in [0.15, 0.2) is 0 Å². The first-order chi connectivity index (χ1) is 13.7. The number of unbranched alkanes of at least 4 members (excludes halogenated alkanes) is 8. The highest BCUT2D eigenvalue weighted by molar-refractivity contribution is 5.03. The third-order valence-electron chi connectivity index (χ3n) is 8.15. The quantitative estimate of drug-likeness (QED) is 0.289. The van der Waals surface area contributed by atoms with Crippen LogP contribution in [0.5, 0.6) is 0 Å². The van der Waals surface area contributed by atoms with Crippen molar-refractivity contribution in [3.05, 3.63) is 0 Å². The molecule has 1 heteroatoms. The van der Waals surface area contributed by atoms with Gasteiger partial charge in [-0.1, -0.05) is 110 Å². The van der Waals surface area contributed by atoms with E-state index >= 15 is 0 Å². The highest BCUT2D eigenvalue weighted by atomic mass is 14.5. The summed E-state index contributed by atoms with van der Waals surface area (Å²) in [5.74, 6) is 2.81. The normalized spacial score (nSPS) is 30.8. The zero-order valence-corrected chi connectivity index (χ0v) is 19.3. The minimum Gasteiger partial charge on any atom is -0.198 e. The van der Waals surface area contributed by atoms with Crippen molar-refractivity contribution in [3.8, 4) is 6.07 Å². The lowest BCUT2D eigenvalue weighted by Gasteiger charge is -2.42. The van der Waals surface area contributed by atoms with Crippen LogP contribution >= 0.6 is 0 Å². The Kier molecular flexibility index (Phi) is 11.6. The molecule has 2 fully saturated rings. The molecule has 0 amide bonds. The molecule has 0 unspecified atom stereocenters. The Morgan fingerprint density at radius 1 is 0.750 bits per heavy atom. The van der Waals surface area contributed by atoms with E-state index in [-0.39, 0.29) is 5.41 Å². The molecule has 1 nitrogen and oxygen atoms in total. The van der Waals surface area contributed by atoms with Gasteiger partial charge in [-0.3, -0.25) is 0 Å².